The van der Waals surface area contributed by atoms with Crippen LogP contribution in [0.15, 0.2) is 48.5 Å². The molecule has 4 aromatic carbocycles. The van der Waals surface area contributed by atoms with E-state index in [1.165, 1.54) is 290 Å². The molecule has 0 aromatic heterocycles. The summed E-state index contributed by atoms with van der Waals surface area (Å²) in [5.41, 5.74) is 9.79. The number of rotatable bonds is 57. The highest BCUT2D eigenvalue weighted by atomic mass is 31.2. The van der Waals surface area contributed by atoms with Gasteiger partial charge in [0, 0.05) is 16.5 Å². The van der Waals surface area contributed by atoms with Crippen LogP contribution in [0.1, 0.15) is 508 Å². The van der Waals surface area contributed by atoms with Gasteiger partial charge in [-0.25, -0.2) is 4.31 Å². The van der Waals surface area contributed by atoms with Crippen molar-refractivity contribution in [3.63, 3.8) is 0 Å². The van der Waals surface area contributed by atoms with Crippen LogP contribution in [0.3, 0.4) is 0 Å². The van der Waals surface area contributed by atoms with Crippen LogP contribution in [0.4, 0.5) is 0 Å². The third-order valence-corrected chi connectivity index (χ3v) is 27.3. The fourth-order valence-corrected chi connectivity index (χ4v) is 19.9. The van der Waals surface area contributed by atoms with Crippen molar-refractivity contribution in [2.45, 2.75) is 505 Å². The molecule has 682 valence electrons. The van der Waals surface area contributed by atoms with E-state index < -0.39 is 31.2 Å². The number of aromatic hydroxyl groups is 4. The second-order valence-corrected chi connectivity index (χ2v) is 43.4. The Morgan fingerprint density at radius 1 is 0.246 bits per heavy atom. The minimum absolute atomic E-state index is 0.243. The third kappa shape index (κ3) is 38.8. The molecular weight excluding hydrogens is 1520 g/mol. The van der Waals surface area contributed by atoms with Crippen LogP contribution in [-0.4, -0.2) is 49.8 Å². The van der Waals surface area contributed by atoms with Gasteiger partial charge in [-0.15, -0.1) is 0 Å². The van der Waals surface area contributed by atoms with Crippen molar-refractivity contribution in [3.05, 3.63) is 110 Å². The Labute approximate surface area is 729 Å². The highest BCUT2D eigenvalue weighted by Crippen LogP contribution is 2.68. The number of unbranched alkanes of at least 4 members (excludes halogenated alkanes) is 40. The Kier molecular flexibility index (Phi) is 53.4. The molecule has 0 heterocycles. The molecule has 0 spiro atoms. The van der Waals surface area contributed by atoms with Crippen LogP contribution in [0, 0.1) is 26.2 Å². The smallest absolute Gasteiger partial charge is 0.391 e. The number of benzene rings is 4. The summed E-state index contributed by atoms with van der Waals surface area (Å²) in [6, 6.07) is 17.6. The Morgan fingerprint density at radius 2 is 0.466 bits per heavy atom. The Morgan fingerprint density at radius 3 is 0.695 bits per heavy atom. The monoisotopic (exact) mass is 1710 g/mol. The summed E-state index contributed by atoms with van der Waals surface area (Å²) in [7, 11) is -7.69. The van der Waals surface area contributed by atoms with Crippen LogP contribution in [0.5, 0.6) is 28.7 Å². The highest BCUT2D eigenvalue weighted by Gasteiger charge is 2.62. The molecule has 1 unspecified atom stereocenters. The van der Waals surface area contributed by atoms with E-state index in [4.69, 9.17) is 33.9 Å². The van der Waals surface area contributed by atoms with Crippen molar-refractivity contribution in [2.24, 2.45) is 5.41 Å². The molecule has 4 aromatic rings. The Hall–Kier alpha value is -3.11. The van der Waals surface area contributed by atoms with E-state index in [1.54, 1.807) is 12.1 Å². The Balaban J connectivity index is 0.00000153. The van der Waals surface area contributed by atoms with Crippen molar-refractivity contribution < 1.29 is 58.6 Å². The summed E-state index contributed by atoms with van der Waals surface area (Å²) in [6.45, 7) is 51.9. The van der Waals surface area contributed by atoms with Crippen LogP contribution in [-0.2, 0) is 42.2 Å². The summed E-state index contributed by atoms with van der Waals surface area (Å²) in [5.74, 6) is 1.86. The largest absolute Gasteiger partial charge is 0.508 e. The summed E-state index contributed by atoms with van der Waals surface area (Å²) in [4.78, 5) is 49.3. The molecule has 12 nitrogen and oxygen atoms in total. The van der Waals surface area contributed by atoms with Crippen LogP contribution in [0.25, 0.3) is 0 Å². The molecule has 0 radical (unpaired) electrons. The molecule has 0 amide bonds. The number of aryl methyl sites for hydroxylation is 3. The lowest BCUT2D eigenvalue weighted by Crippen LogP contribution is -2.59. The van der Waals surface area contributed by atoms with E-state index in [-0.39, 0.29) is 43.7 Å². The lowest BCUT2D eigenvalue weighted by Gasteiger charge is -2.63. The average molecular weight is 1710 g/mol. The standard InChI is InChI=1S/C89H156O3.C14H23O4P.H4O5P2/c1-18-22-26-30-34-38-42-46-50-54-58-62-87(17,75-69-78(84(8,9)10)81(90)66-72(75)5)88(63-59-55-51-47-43-39-35-31-27-23-19-2,64-60-56-52-48-44-40-36-32-28-24-20-3)89(65-61-57-53-49-45-41-37-33-29-25-21-4,76-70-79(85(11,12)13)82(91)67-73(76)6)77-71-80(86(14,15)16)83(92)68-74(77)7;1-13(2,3)10-7-9(18-19(16)17)8-11(12(10)15)14(4,5)6;1-6(2)5-7(3)4/h66-71,90-92H,18-65H2,1-17H3;7-8,15-17H,1-6H3;1-4H. The first-order valence-electron chi connectivity index (χ1n) is 47.7. The molecule has 15 heteroatoms. The Bertz CT molecular complexity index is 3190. The summed E-state index contributed by atoms with van der Waals surface area (Å²) in [5, 5.41) is 47.7. The lowest BCUT2D eigenvalue weighted by molar-refractivity contribution is -0.000861. The number of hydrogen-bond acceptors (Lipinski definition) is 12. The minimum Gasteiger partial charge on any atom is -0.508 e. The van der Waals surface area contributed by atoms with E-state index in [0.717, 1.165) is 79.2 Å². The molecule has 0 fully saturated rings. The van der Waals surface area contributed by atoms with Crippen molar-refractivity contribution in [1.29, 1.82) is 0 Å². The summed E-state index contributed by atoms with van der Waals surface area (Å²) >= 11 is 0. The first kappa shape index (κ1) is 111. The fraction of sp³-hybridized carbons (Fsp3) is 0.767. The van der Waals surface area contributed by atoms with Crippen molar-refractivity contribution in [1.82, 2.24) is 0 Å². The number of phenols is 4. The van der Waals surface area contributed by atoms with E-state index >= 15 is 0 Å². The molecule has 0 saturated heterocycles. The first-order chi connectivity index (χ1) is 55.4. The zero-order valence-corrected chi connectivity index (χ0v) is 82.9. The quantitative estimate of drug-likeness (QED) is 0.0147. The first-order valence-corrected chi connectivity index (χ1v) is 51.2. The van der Waals surface area contributed by atoms with Crippen LogP contribution < -0.4 is 4.52 Å². The van der Waals surface area contributed by atoms with Gasteiger partial charge in [0.15, 0.2) is 0 Å². The van der Waals surface area contributed by atoms with Gasteiger partial charge in [0.05, 0.1) is 0 Å². The van der Waals surface area contributed by atoms with E-state index in [2.05, 4.69) is 158 Å². The second kappa shape index (κ2) is 56.8. The van der Waals surface area contributed by atoms with Crippen LogP contribution in [0.2, 0.25) is 0 Å². The zero-order chi connectivity index (χ0) is 89.0. The third-order valence-electron chi connectivity index (χ3n) is 25.7. The lowest BCUT2D eigenvalue weighted by atomic mass is 9.40. The maximum absolute atomic E-state index is 12.5. The molecule has 10 N–H and O–H groups in total. The van der Waals surface area contributed by atoms with Gasteiger partial charge in [0.1, 0.15) is 28.7 Å². The summed E-state index contributed by atoms with van der Waals surface area (Å²) < 4.78 is 8.61. The minimum atomic E-state index is -2.61. The SMILES string of the molecule is CC(C)(C)c1cc(OP(O)O)cc(C(C)(C)C)c1O.CCCCCCCCCCCCCC(C)(c1cc(C(C)(C)C)c(O)cc1C)C(CCCCCCCCCCCCC)(CCCCCCCCCCCCC)C(CCCCCCCCCCCCC)(c1cc(C(C)(C)C)c(O)cc1C)c1cc(C(C)(C)C)c(O)cc1C.OP(O)OP(O)O. The normalized spacial score (nSPS) is 13.2. The molecule has 0 saturated carbocycles. The van der Waals surface area contributed by atoms with Gasteiger partial charge in [-0.2, -0.15) is 0 Å². The van der Waals surface area contributed by atoms with Gasteiger partial charge >= 0.3 is 25.8 Å². The van der Waals surface area contributed by atoms with Gasteiger partial charge in [0.25, 0.3) is 0 Å². The van der Waals surface area contributed by atoms with Crippen LogP contribution >= 0.6 is 25.8 Å². The number of phenolic OH excluding ortho intramolecular Hbond substituents is 4. The van der Waals surface area contributed by atoms with Gasteiger partial charge in [-0.3, -0.25) is 0 Å². The molecule has 0 aliphatic rings. The number of hydrogen-bond donors (Lipinski definition) is 10. The van der Waals surface area contributed by atoms with E-state index in [0.29, 0.717) is 23.0 Å². The molecular formula is C103H183O12P3. The molecule has 118 heavy (non-hydrogen) atoms. The topological polar surface area (TPSA) is 221 Å². The van der Waals surface area contributed by atoms with Crippen molar-refractivity contribution in [3.8, 4) is 28.7 Å². The second-order valence-electron chi connectivity index (χ2n) is 41.1. The van der Waals surface area contributed by atoms with Crippen molar-refractivity contribution >= 4 is 25.8 Å². The highest BCUT2D eigenvalue weighted by molar-refractivity contribution is 7.53. The van der Waals surface area contributed by atoms with E-state index in [9.17, 15) is 20.4 Å². The van der Waals surface area contributed by atoms with Crippen molar-refractivity contribution in [2.75, 3.05) is 0 Å². The summed E-state index contributed by atoms with van der Waals surface area (Å²) in [6.07, 6.45) is 61.9. The molecule has 1 atom stereocenters. The molecule has 4 rings (SSSR count). The van der Waals surface area contributed by atoms with Gasteiger partial charge in [0.2, 0.25) is 0 Å². The van der Waals surface area contributed by atoms with Gasteiger partial charge < -0.3 is 54.3 Å². The molecule has 0 bridgehead atoms. The maximum Gasteiger partial charge on any atom is 0.391 e. The molecule has 0 aliphatic carbocycles. The predicted molar refractivity (Wildman–Crippen MR) is 511 cm³/mol. The fourth-order valence-electron chi connectivity index (χ4n) is 19.1. The maximum atomic E-state index is 12.5. The average Bonchev–Trinajstić information content (AvgIpc) is 0.682. The molecule has 0 aliphatic heterocycles. The van der Waals surface area contributed by atoms with Gasteiger partial charge in [-0.1, -0.05) is 439 Å². The van der Waals surface area contributed by atoms with E-state index in [1.807, 2.05) is 41.5 Å². The van der Waals surface area contributed by atoms with Gasteiger partial charge in [-0.05, 0) is 165 Å². The zero-order valence-electron chi connectivity index (χ0n) is 80.2. The predicted octanol–water partition coefficient (Wildman–Crippen LogP) is 32.7.